The number of aryl methyl sites for hydroxylation is 2. The van der Waals surface area contributed by atoms with Gasteiger partial charge in [-0.1, -0.05) is 0 Å². The van der Waals surface area contributed by atoms with E-state index in [9.17, 15) is 0 Å². The number of hydrogen-bond acceptors (Lipinski definition) is 3. The van der Waals surface area contributed by atoms with Crippen molar-refractivity contribution in [1.29, 1.82) is 0 Å². The fraction of sp³-hybridized carbons (Fsp3) is 0.600. The molecule has 0 spiro atoms. The molecule has 1 atom stereocenters. The quantitative estimate of drug-likeness (QED) is 0.706. The molecule has 1 saturated heterocycles. The van der Waals surface area contributed by atoms with Crippen LogP contribution in [0.3, 0.4) is 0 Å². The first-order valence-corrected chi connectivity index (χ1v) is 4.81. The molecule has 0 saturated carbocycles. The molecule has 1 N–H and O–H groups in total. The van der Waals surface area contributed by atoms with E-state index < -0.39 is 0 Å². The molecule has 13 heavy (non-hydrogen) atoms. The van der Waals surface area contributed by atoms with Gasteiger partial charge in [0.1, 0.15) is 5.82 Å². The Morgan fingerprint density at radius 3 is 2.92 bits per heavy atom. The summed E-state index contributed by atoms with van der Waals surface area (Å²) < 4.78 is 0. The minimum Gasteiger partial charge on any atom is -0.310 e. The van der Waals surface area contributed by atoms with Crippen LogP contribution in [-0.2, 0) is 0 Å². The molecular formula is C10H15N3. The summed E-state index contributed by atoms with van der Waals surface area (Å²) in [6, 6.07) is 0.487. The van der Waals surface area contributed by atoms with Gasteiger partial charge in [-0.05, 0) is 33.2 Å². The Morgan fingerprint density at radius 2 is 2.31 bits per heavy atom. The molecule has 0 aromatic carbocycles. The Hall–Kier alpha value is -0.960. The molecule has 1 aromatic rings. The van der Waals surface area contributed by atoms with Crippen molar-refractivity contribution in [3.05, 3.63) is 23.3 Å². The van der Waals surface area contributed by atoms with E-state index in [-0.39, 0.29) is 0 Å². The van der Waals surface area contributed by atoms with Gasteiger partial charge in [-0.25, -0.2) is 9.97 Å². The second kappa shape index (κ2) is 3.42. The van der Waals surface area contributed by atoms with Crippen LogP contribution in [-0.4, -0.2) is 16.5 Å². The van der Waals surface area contributed by atoms with E-state index in [1.807, 2.05) is 13.1 Å². The standard InChI is InChI=1S/C10H15N3/c1-7-9(6-12-8(2)13-7)10-4-3-5-11-10/h6,10-11H,3-5H2,1-2H3. The molecule has 2 rings (SSSR count). The highest BCUT2D eigenvalue weighted by atomic mass is 15.0. The highest BCUT2D eigenvalue weighted by Crippen LogP contribution is 2.23. The summed E-state index contributed by atoms with van der Waals surface area (Å²) in [5.74, 6) is 0.860. The molecule has 1 aliphatic heterocycles. The first-order valence-electron chi connectivity index (χ1n) is 4.81. The molecule has 1 aromatic heterocycles. The van der Waals surface area contributed by atoms with Crippen molar-refractivity contribution in [2.45, 2.75) is 32.7 Å². The predicted molar refractivity (Wildman–Crippen MR) is 51.5 cm³/mol. The van der Waals surface area contributed by atoms with Gasteiger partial charge in [0.05, 0.1) is 0 Å². The summed E-state index contributed by atoms with van der Waals surface area (Å²) in [6.07, 6.45) is 4.44. The van der Waals surface area contributed by atoms with Crippen molar-refractivity contribution < 1.29 is 0 Å². The Morgan fingerprint density at radius 1 is 1.46 bits per heavy atom. The van der Waals surface area contributed by atoms with Gasteiger partial charge < -0.3 is 5.32 Å². The van der Waals surface area contributed by atoms with Crippen LogP contribution < -0.4 is 5.32 Å². The van der Waals surface area contributed by atoms with Crippen molar-refractivity contribution >= 4 is 0 Å². The monoisotopic (exact) mass is 177 g/mol. The van der Waals surface area contributed by atoms with E-state index in [1.165, 1.54) is 18.4 Å². The molecule has 0 amide bonds. The second-order valence-corrected chi connectivity index (χ2v) is 3.61. The molecule has 1 aliphatic rings. The number of aromatic nitrogens is 2. The van der Waals surface area contributed by atoms with Crippen LogP contribution in [0, 0.1) is 13.8 Å². The Bertz CT molecular complexity index is 303. The van der Waals surface area contributed by atoms with Crippen LogP contribution in [0.25, 0.3) is 0 Å². The van der Waals surface area contributed by atoms with Crippen molar-refractivity contribution in [2.75, 3.05) is 6.54 Å². The maximum absolute atomic E-state index is 4.37. The third-order valence-corrected chi connectivity index (χ3v) is 2.57. The topological polar surface area (TPSA) is 37.8 Å². The summed E-state index contributed by atoms with van der Waals surface area (Å²) in [7, 11) is 0. The number of nitrogens with one attached hydrogen (secondary N) is 1. The Balaban J connectivity index is 2.29. The summed E-state index contributed by atoms with van der Waals surface area (Å²) in [6.45, 7) is 5.11. The molecule has 0 radical (unpaired) electrons. The lowest BCUT2D eigenvalue weighted by Gasteiger charge is -2.12. The summed E-state index contributed by atoms with van der Waals surface area (Å²) in [5.41, 5.74) is 2.38. The number of nitrogens with zero attached hydrogens (tertiary/aromatic N) is 2. The highest BCUT2D eigenvalue weighted by molar-refractivity contribution is 5.21. The van der Waals surface area contributed by atoms with Gasteiger partial charge in [0.2, 0.25) is 0 Å². The Kier molecular flexibility index (Phi) is 2.27. The molecular weight excluding hydrogens is 162 g/mol. The van der Waals surface area contributed by atoms with Crippen LogP contribution in [0.2, 0.25) is 0 Å². The van der Waals surface area contributed by atoms with E-state index in [0.717, 1.165) is 18.1 Å². The molecule has 3 heteroatoms. The van der Waals surface area contributed by atoms with E-state index in [0.29, 0.717) is 6.04 Å². The second-order valence-electron chi connectivity index (χ2n) is 3.61. The lowest BCUT2D eigenvalue weighted by atomic mass is 10.1. The normalized spacial score (nSPS) is 22.2. The molecule has 70 valence electrons. The zero-order valence-corrected chi connectivity index (χ0v) is 8.17. The highest BCUT2D eigenvalue weighted by Gasteiger charge is 2.18. The lowest BCUT2D eigenvalue weighted by molar-refractivity contribution is 0.634. The fourth-order valence-electron chi connectivity index (χ4n) is 1.88. The predicted octanol–water partition coefficient (Wildman–Crippen LogP) is 1.52. The summed E-state index contributed by atoms with van der Waals surface area (Å²) in [5, 5.41) is 3.45. The summed E-state index contributed by atoms with van der Waals surface area (Å²) in [4.78, 5) is 8.60. The molecule has 0 aliphatic carbocycles. The summed E-state index contributed by atoms with van der Waals surface area (Å²) >= 11 is 0. The van der Waals surface area contributed by atoms with Crippen molar-refractivity contribution in [3.63, 3.8) is 0 Å². The average molecular weight is 177 g/mol. The maximum atomic E-state index is 4.37. The van der Waals surface area contributed by atoms with E-state index >= 15 is 0 Å². The molecule has 1 fully saturated rings. The van der Waals surface area contributed by atoms with Crippen LogP contribution in [0.4, 0.5) is 0 Å². The molecule has 3 nitrogen and oxygen atoms in total. The maximum Gasteiger partial charge on any atom is 0.125 e. The van der Waals surface area contributed by atoms with Crippen LogP contribution in [0.15, 0.2) is 6.20 Å². The molecule has 1 unspecified atom stereocenters. The van der Waals surface area contributed by atoms with Gasteiger partial charge in [-0.15, -0.1) is 0 Å². The van der Waals surface area contributed by atoms with Gasteiger partial charge in [0.25, 0.3) is 0 Å². The SMILES string of the molecule is Cc1ncc(C2CCCN2)c(C)n1. The number of hydrogen-bond donors (Lipinski definition) is 1. The van der Waals surface area contributed by atoms with Gasteiger partial charge in [0, 0.05) is 23.5 Å². The zero-order valence-electron chi connectivity index (χ0n) is 8.17. The van der Waals surface area contributed by atoms with Crippen LogP contribution in [0.5, 0.6) is 0 Å². The minimum atomic E-state index is 0.487. The molecule has 0 bridgehead atoms. The first-order chi connectivity index (χ1) is 6.27. The average Bonchev–Trinajstić information content (AvgIpc) is 2.56. The van der Waals surface area contributed by atoms with Gasteiger partial charge in [0.15, 0.2) is 0 Å². The van der Waals surface area contributed by atoms with E-state index in [4.69, 9.17) is 0 Å². The fourth-order valence-corrected chi connectivity index (χ4v) is 1.88. The van der Waals surface area contributed by atoms with Crippen molar-refractivity contribution in [2.24, 2.45) is 0 Å². The van der Waals surface area contributed by atoms with Crippen LogP contribution in [0.1, 0.15) is 36.0 Å². The van der Waals surface area contributed by atoms with Crippen molar-refractivity contribution in [1.82, 2.24) is 15.3 Å². The van der Waals surface area contributed by atoms with Crippen LogP contribution >= 0.6 is 0 Å². The van der Waals surface area contributed by atoms with E-state index in [1.54, 1.807) is 0 Å². The number of rotatable bonds is 1. The third kappa shape index (κ3) is 1.70. The largest absolute Gasteiger partial charge is 0.310 e. The molecule has 2 heterocycles. The van der Waals surface area contributed by atoms with E-state index in [2.05, 4.69) is 22.2 Å². The minimum absolute atomic E-state index is 0.487. The zero-order chi connectivity index (χ0) is 9.26. The van der Waals surface area contributed by atoms with Gasteiger partial charge in [-0.3, -0.25) is 0 Å². The Labute approximate surface area is 78.6 Å². The lowest BCUT2D eigenvalue weighted by Crippen LogP contribution is -2.15. The van der Waals surface area contributed by atoms with Crippen molar-refractivity contribution in [3.8, 4) is 0 Å². The third-order valence-electron chi connectivity index (χ3n) is 2.57. The van der Waals surface area contributed by atoms with Gasteiger partial charge >= 0.3 is 0 Å². The first kappa shape index (κ1) is 8.63. The van der Waals surface area contributed by atoms with Gasteiger partial charge in [-0.2, -0.15) is 0 Å². The smallest absolute Gasteiger partial charge is 0.125 e.